The molecule has 0 aromatic rings. The number of carbonyl (C=O) groups is 2. The van der Waals surface area contributed by atoms with Crippen molar-refractivity contribution in [3.8, 4) is 0 Å². The number of amides is 2. The van der Waals surface area contributed by atoms with Crippen LogP contribution in [0.2, 0.25) is 0 Å². The van der Waals surface area contributed by atoms with Gasteiger partial charge in [-0.2, -0.15) is 0 Å². The maximum absolute atomic E-state index is 11.0. The van der Waals surface area contributed by atoms with Gasteiger partial charge >= 0.3 is 0 Å². The molecule has 0 radical (unpaired) electrons. The molecule has 0 saturated carbocycles. The average molecular weight is 139 g/mol. The van der Waals surface area contributed by atoms with Crippen LogP contribution in [-0.2, 0) is 9.59 Å². The molecule has 0 N–H and O–H groups in total. The summed E-state index contributed by atoms with van der Waals surface area (Å²) in [4.78, 5) is 22.9. The van der Waals surface area contributed by atoms with E-state index in [9.17, 15) is 9.59 Å². The Labute approximate surface area is 59.3 Å². The Balaban J connectivity index is 2.91. The van der Waals surface area contributed by atoms with Gasteiger partial charge in [-0.15, -0.1) is 0 Å². The molecule has 0 bridgehead atoms. The third-order valence-electron chi connectivity index (χ3n) is 1.60. The van der Waals surface area contributed by atoms with E-state index in [-0.39, 0.29) is 11.8 Å². The van der Waals surface area contributed by atoms with Crippen molar-refractivity contribution in [2.45, 2.75) is 13.3 Å². The first-order valence-electron chi connectivity index (χ1n) is 3.10. The minimum Gasteiger partial charge on any atom is -0.282 e. The van der Waals surface area contributed by atoms with Gasteiger partial charge in [0.25, 0.3) is 5.91 Å². The van der Waals surface area contributed by atoms with Gasteiger partial charge in [0.2, 0.25) is 5.91 Å². The lowest BCUT2D eigenvalue weighted by molar-refractivity contribution is -0.141. The summed E-state index contributed by atoms with van der Waals surface area (Å²) >= 11 is 0. The molecule has 0 atom stereocenters. The number of carbonyl (C=O) groups excluding carboxylic acids is 2. The predicted octanol–water partition coefficient (Wildman–Crippen LogP) is 0.321. The van der Waals surface area contributed by atoms with E-state index in [1.54, 1.807) is 13.0 Å². The van der Waals surface area contributed by atoms with Crippen LogP contribution in [0.15, 0.2) is 11.6 Å². The van der Waals surface area contributed by atoms with Crippen molar-refractivity contribution >= 4 is 11.8 Å². The largest absolute Gasteiger partial charge is 0.282 e. The Morgan fingerprint density at radius 1 is 1.50 bits per heavy atom. The van der Waals surface area contributed by atoms with E-state index in [0.29, 0.717) is 12.0 Å². The van der Waals surface area contributed by atoms with Crippen LogP contribution in [-0.4, -0.2) is 23.8 Å². The highest BCUT2D eigenvalue weighted by molar-refractivity contribution is 6.06. The summed E-state index contributed by atoms with van der Waals surface area (Å²) in [6, 6.07) is 0. The second-order valence-corrected chi connectivity index (χ2v) is 2.35. The molecule has 0 spiro atoms. The topological polar surface area (TPSA) is 37.4 Å². The molecule has 1 heterocycles. The van der Waals surface area contributed by atoms with Crippen molar-refractivity contribution in [1.29, 1.82) is 0 Å². The van der Waals surface area contributed by atoms with Gasteiger partial charge < -0.3 is 0 Å². The Morgan fingerprint density at radius 3 is 2.60 bits per heavy atom. The lowest BCUT2D eigenvalue weighted by Crippen LogP contribution is -2.36. The van der Waals surface area contributed by atoms with Crippen LogP contribution >= 0.6 is 0 Å². The summed E-state index contributed by atoms with van der Waals surface area (Å²) in [5.74, 6) is -0.313. The van der Waals surface area contributed by atoms with Crippen molar-refractivity contribution in [1.82, 2.24) is 4.90 Å². The fourth-order valence-electron chi connectivity index (χ4n) is 0.842. The number of imide groups is 1. The number of hydrogen-bond acceptors (Lipinski definition) is 2. The Hall–Kier alpha value is -1.12. The molecule has 0 aromatic heterocycles. The summed E-state index contributed by atoms with van der Waals surface area (Å²) in [6.07, 6.45) is 2.01. The van der Waals surface area contributed by atoms with Gasteiger partial charge in [-0.1, -0.05) is 6.08 Å². The summed E-state index contributed by atoms with van der Waals surface area (Å²) in [6.45, 7) is 1.71. The van der Waals surface area contributed by atoms with Gasteiger partial charge in [-0.25, -0.2) is 0 Å². The molecule has 54 valence electrons. The van der Waals surface area contributed by atoms with Gasteiger partial charge in [0, 0.05) is 19.0 Å². The van der Waals surface area contributed by atoms with E-state index < -0.39 is 0 Å². The molecule has 3 heteroatoms. The zero-order valence-corrected chi connectivity index (χ0v) is 6.05. The van der Waals surface area contributed by atoms with Gasteiger partial charge in [-0.05, 0) is 6.92 Å². The molecule has 1 aliphatic rings. The van der Waals surface area contributed by atoms with E-state index in [0.717, 1.165) is 4.90 Å². The highest BCUT2D eigenvalue weighted by Gasteiger charge is 2.21. The van der Waals surface area contributed by atoms with Crippen molar-refractivity contribution in [2.24, 2.45) is 0 Å². The minimum absolute atomic E-state index is 0.129. The molecule has 2 amide bonds. The molecule has 0 aromatic carbocycles. The van der Waals surface area contributed by atoms with Gasteiger partial charge in [-0.3, -0.25) is 14.5 Å². The van der Waals surface area contributed by atoms with Crippen LogP contribution < -0.4 is 0 Å². The summed E-state index contributed by atoms with van der Waals surface area (Å²) in [5, 5.41) is 0. The van der Waals surface area contributed by atoms with Crippen molar-refractivity contribution in [2.75, 3.05) is 7.05 Å². The smallest absolute Gasteiger partial charge is 0.255 e. The van der Waals surface area contributed by atoms with E-state index >= 15 is 0 Å². The summed E-state index contributed by atoms with van der Waals surface area (Å²) < 4.78 is 0. The van der Waals surface area contributed by atoms with Crippen LogP contribution in [0, 0.1) is 0 Å². The predicted molar refractivity (Wildman–Crippen MR) is 36.2 cm³/mol. The lowest BCUT2D eigenvalue weighted by atomic mass is 10.1. The summed E-state index contributed by atoms with van der Waals surface area (Å²) in [7, 11) is 1.50. The summed E-state index contributed by atoms with van der Waals surface area (Å²) in [5.41, 5.74) is 0.655. The standard InChI is InChI=1S/C7H9NO2/c1-5-3-4-6(9)8(2)7(5)10/h3H,4H2,1-2H3. The van der Waals surface area contributed by atoms with Crippen molar-refractivity contribution < 1.29 is 9.59 Å². The third kappa shape index (κ3) is 0.943. The molecule has 0 fully saturated rings. The zero-order valence-electron chi connectivity index (χ0n) is 6.05. The third-order valence-corrected chi connectivity index (χ3v) is 1.60. The van der Waals surface area contributed by atoms with E-state index in [1.807, 2.05) is 0 Å². The Bertz CT molecular complexity index is 218. The monoisotopic (exact) mass is 139 g/mol. The van der Waals surface area contributed by atoms with Crippen LogP contribution in [0.3, 0.4) is 0 Å². The molecular formula is C7H9NO2. The Morgan fingerprint density at radius 2 is 2.10 bits per heavy atom. The fourth-order valence-corrected chi connectivity index (χ4v) is 0.842. The molecule has 10 heavy (non-hydrogen) atoms. The SMILES string of the molecule is CC1=CCC(=O)N(C)C1=O. The zero-order chi connectivity index (χ0) is 7.72. The quantitative estimate of drug-likeness (QED) is 0.453. The number of nitrogens with zero attached hydrogens (tertiary/aromatic N) is 1. The van der Waals surface area contributed by atoms with Gasteiger partial charge in [0.1, 0.15) is 0 Å². The van der Waals surface area contributed by atoms with Crippen molar-refractivity contribution in [3.05, 3.63) is 11.6 Å². The second-order valence-electron chi connectivity index (χ2n) is 2.35. The van der Waals surface area contributed by atoms with Gasteiger partial charge in [0.15, 0.2) is 0 Å². The van der Waals surface area contributed by atoms with Crippen LogP contribution in [0.4, 0.5) is 0 Å². The number of hydrogen-bond donors (Lipinski definition) is 0. The highest BCUT2D eigenvalue weighted by Crippen LogP contribution is 2.08. The molecule has 1 aliphatic heterocycles. The van der Waals surface area contributed by atoms with E-state index in [1.165, 1.54) is 7.05 Å². The molecule has 0 saturated heterocycles. The normalized spacial score (nSPS) is 19.4. The maximum atomic E-state index is 11.0. The fraction of sp³-hybridized carbons (Fsp3) is 0.429. The first-order valence-corrected chi connectivity index (χ1v) is 3.10. The van der Waals surface area contributed by atoms with Crippen molar-refractivity contribution in [3.63, 3.8) is 0 Å². The number of likely N-dealkylation sites (N-methyl/N-ethyl adjacent to an activating group) is 1. The van der Waals surface area contributed by atoms with Crippen LogP contribution in [0.1, 0.15) is 13.3 Å². The molecule has 0 unspecified atom stereocenters. The Kier molecular flexibility index (Phi) is 1.57. The minimum atomic E-state index is -0.184. The van der Waals surface area contributed by atoms with E-state index in [2.05, 4.69) is 0 Å². The highest BCUT2D eigenvalue weighted by atomic mass is 16.2. The van der Waals surface area contributed by atoms with Crippen LogP contribution in [0.5, 0.6) is 0 Å². The maximum Gasteiger partial charge on any atom is 0.255 e. The van der Waals surface area contributed by atoms with Crippen LogP contribution in [0.25, 0.3) is 0 Å². The molecule has 3 nitrogen and oxygen atoms in total. The molecule has 1 rings (SSSR count). The first-order chi connectivity index (χ1) is 4.63. The second kappa shape index (κ2) is 2.25. The number of rotatable bonds is 0. The van der Waals surface area contributed by atoms with Gasteiger partial charge in [0.05, 0.1) is 0 Å². The first kappa shape index (κ1) is 6.99. The lowest BCUT2D eigenvalue weighted by Gasteiger charge is -2.18. The average Bonchev–Trinajstić information content (AvgIpc) is 1.93. The molecular weight excluding hydrogens is 130 g/mol. The molecule has 0 aliphatic carbocycles. The van der Waals surface area contributed by atoms with E-state index in [4.69, 9.17) is 0 Å².